The van der Waals surface area contributed by atoms with Crippen LogP contribution in [0.1, 0.15) is 30.2 Å². The van der Waals surface area contributed by atoms with Gasteiger partial charge in [-0.2, -0.15) is 5.10 Å². The molecule has 0 N–H and O–H groups in total. The van der Waals surface area contributed by atoms with E-state index in [4.69, 9.17) is 4.98 Å². The first kappa shape index (κ1) is 14.1. The van der Waals surface area contributed by atoms with Gasteiger partial charge in [-0.05, 0) is 36.8 Å². The van der Waals surface area contributed by atoms with Gasteiger partial charge in [0.05, 0.1) is 5.39 Å². The molecule has 5 rings (SSSR count). The summed E-state index contributed by atoms with van der Waals surface area (Å²) in [6.07, 6.45) is 8.51. The van der Waals surface area contributed by atoms with Crippen LogP contribution in [0.15, 0.2) is 18.6 Å². The van der Waals surface area contributed by atoms with Crippen LogP contribution in [0.25, 0.3) is 27.4 Å². The minimum absolute atomic E-state index is 0.659. The number of hydrogen-bond donors (Lipinski definition) is 0. The van der Waals surface area contributed by atoms with Crippen molar-refractivity contribution in [3.8, 4) is 11.5 Å². The van der Waals surface area contributed by atoms with E-state index in [2.05, 4.69) is 22.1 Å². The number of hydrogen-bond acceptors (Lipinski definition) is 5. The Morgan fingerprint density at radius 2 is 2.25 bits per heavy atom. The van der Waals surface area contributed by atoms with Crippen LogP contribution in [0.2, 0.25) is 0 Å². The molecule has 7 heteroatoms. The number of thiophene rings is 1. The van der Waals surface area contributed by atoms with Gasteiger partial charge in [0.2, 0.25) is 5.82 Å². The van der Waals surface area contributed by atoms with Gasteiger partial charge in [0.25, 0.3) is 0 Å². The van der Waals surface area contributed by atoms with Crippen molar-refractivity contribution in [2.45, 2.75) is 32.6 Å². The van der Waals surface area contributed by atoms with Crippen LogP contribution in [0.3, 0.4) is 0 Å². The van der Waals surface area contributed by atoms with Crippen molar-refractivity contribution in [2.75, 3.05) is 0 Å². The van der Waals surface area contributed by atoms with E-state index in [-0.39, 0.29) is 0 Å². The average Bonchev–Trinajstić information content (AvgIpc) is 3.28. The molecule has 0 saturated carbocycles. The van der Waals surface area contributed by atoms with Gasteiger partial charge in [-0.15, -0.1) is 16.4 Å². The summed E-state index contributed by atoms with van der Waals surface area (Å²) in [6.45, 7) is 2.29. The largest absolute Gasteiger partial charge is 0.275 e. The fraction of sp³-hybridized carbons (Fsp3) is 0.412. The SMILES string of the molecule is CC[C@@H]1CCc2c(sc3ncn4nc(-c5ccn(C)n5)nc4c23)C1. The van der Waals surface area contributed by atoms with Crippen LogP contribution in [0, 0.1) is 5.92 Å². The quantitative estimate of drug-likeness (QED) is 0.563. The first-order chi connectivity index (χ1) is 11.7. The van der Waals surface area contributed by atoms with Gasteiger partial charge in [0.15, 0.2) is 5.65 Å². The van der Waals surface area contributed by atoms with E-state index < -0.39 is 0 Å². The molecule has 122 valence electrons. The number of aryl methyl sites for hydroxylation is 2. The van der Waals surface area contributed by atoms with Crippen LogP contribution in [0.5, 0.6) is 0 Å². The van der Waals surface area contributed by atoms with E-state index >= 15 is 0 Å². The van der Waals surface area contributed by atoms with Crippen LogP contribution in [-0.2, 0) is 19.9 Å². The maximum atomic E-state index is 4.79. The third kappa shape index (κ3) is 2.00. The molecule has 0 aromatic carbocycles. The Hall–Kier alpha value is -2.28. The average molecular weight is 338 g/mol. The minimum Gasteiger partial charge on any atom is -0.275 e. The van der Waals surface area contributed by atoms with Crippen molar-refractivity contribution in [1.82, 2.24) is 29.4 Å². The summed E-state index contributed by atoms with van der Waals surface area (Å²) in [5.74, 6) is 1.47. The van der Waals surface area contributed by atoms with Crippen LogP contribution < -0.4 is 0 Å². The predicted molar refractivity (Wildman–Crippen MR) is 94.2 cm³/mol. The molecule has 0 aliphatic heterocycles. The molecule has 0 fully saturated rings. The van der Waals surface area contributed by atoms with Gasteiger partial charge in [-0.1, -0.05) is 13.3 Å². The zero-order valence-corrected chi connectivity index (χ0v) is 14.5. The normalized spacial score (nSPS) is 17.7. The first-order valence-electron chi connectivity index (χ1n) is 8.38. The molecule has 1 aliphatic rings. The summed E-state index contributed by atoms with van der Waals surface area (Å²) in [7, 11) is 1.90. The molecule has 1 aliphatic carbocycles. The highest BCUT2D eigenvalue weighted by molar-refractivity contribution is 7.19. The molecule has 0 bridgehead atoms. The lowest BCUT2D eigenvalue weighted by atomic mass is 9.86. The summed E-state index contributed by atoms with van der Waals surface area (Å²) >= 11 is 1.83. The number of aromatic nitrogens is 6. The van der Waals surface area contributed by atoms with E-state index in [1.54, 1.807) is 15.5 Å². The third-order valence-electron chi connectivity index (χ3n) is 5.01. The van der Waals surface area contributed by atoms with Crippen LogP contribution in [-0.4, -0.2) is 29.4 Å². The third-order valence-corrected chi connectivity index (χ3v) is 6.17. The Bertz CT molecular complexity index is 1060. The highest BCUT2D eigenvalue weighted by Crippen LogP contribution is 2.39. The van der Waals surface area contributed by atoms with Gasteiger partial charge < -0.3 is 0 Å². The number of nitrogens with zero attached hydrogens (tertiary/aromatic N) is 6. The topological polar surface area (TPSA) is 60.9 Å². The second-order valence-corrected chi connectivity index (χ2v) is 7.61. The first-order valence-corrected chi connectivity index (χ1v) is 9.20. The molecule has 6 nitrogen and oxygen atoms in total. The number of fused-ring (bicyclic) bond motifs is 5. The Morgan fingerprint density at radius 3 is 3.04 bits per heavy atom. The van der Waals surface area contributed by atoms with Gasteiger partial charge >= 0.3 is 0 Å². The standard InChI is InChI=1S/C17H18N6S/c1-3-10-4-5-11-13(8-10)24-17-14(11)16-19-15(21-23(16)9-18-17)12-6-7-22(2)20-12/h6-7,9-10H,3-5,8H2,1-2H3/t10-/m1/s1. The summed E-state index contributed by atoms with van der Waals surface area (Å²) in [6, 6.07) is 1.94. The van der Waals surface area contributed by atoms with Crippen LogP contribution >= 0.6 is 11.3 Å². The number of rotatable bonds is 2. The summed E-state index contributed by atoms with van der Waals surface area (Å²) in [5, 5.41) is 10.2. The Kier molecular flexibility index (Phi) is 3.00. The molecule has 0 radical (unpaired) electrons. The van der Waals surface area contributed by atoms with E-state index in [1.807, 2.05) is 30.6 Å². The Balaban J connectivity index is 1.72. The Morgan fingerprint density at radius 1 is 1.33 bits per heavy atom. The highest BCUT2D eigenvalue weighted by atomic mass is 32.1. The Labute approximate surface area is 143 Å². The summed E-state index contributed by atoms with van der Waals surface area (Å²) in [5.41, 5.74) is 3.15. The fourth-order valence-corrected chi connectivity index (χ4v) is 4.93. The zero-order chi connectivity index (χ0) is 16.3. The lowest BCUT2D eigenvalue weighted by molar-refractivity contribution is 0.451. The van der Waals surface area contributed by atoms with Gasteiger partial charge in [0.1, 0.15) is 16.9 Å². The maximum absolute atomic E-state index is 4.79. The van der Waals surface area contributed by atoms with Crippen molar-refractivity contribution < 1.29 is 0 Å². The molecule has 1 atom stereocenters. The molecule has 0 saturated heterocycles. The fourth-order valence-electron chi connectivity index (χ4n) is 3.63. The zero-order valence-electron chi connectivity index (χ0n) is 13.7. The van der Waals surface area contributed by atoms with Crippen molar-refractivity contribution in [3.05, 3.63) is 29.0 Å². The van der Waals surface area contributed by atoms with Gasteiger partial charge in [0, 0.05) is 18.1 Å². The van der Waals surface area contributed by atoms with Crippen molar-refractivity contribution in [1.29, 1.82) is 0 Å². The van der Waals surface area contributed by atoms with Gasteiger partial charge in [-0.3, -0.25) is 4.68 Å². The second kappa shape index (κ2) is 5.11. The minimum atomic E-state index is 0.659. The molecule has 4 aromatic heterocycles. The predicted octanol–water partition coefficient (Wildman–Crippen LogP) is 3.25. The monoisotopic (exact) mass is 338 g/mol. The van der Waals surface area contributed by atoms with E-state index in [9.17, 15) is 0 Å². The van der Waals surface area contributed by atoms with Crippen molar-refractivity contribution >= 4 is 27.2 Å². The van der Waals surface area contributed by atoms with E-state index in [0.717, 1.165) is 28.5 Å². The molecular formula is C17H18N6S. The summed E-state index contributed by atoms with van der Waals surface area (Å²) in [4.78, 5) is 12.0. The smallest absolute Gasteiger partial charge is 0.202 e. The van der Waals surface area contributed by atoms with Crippen molar-refractivity contribution in [3.63, 3.8) is 0 Å². The van der Waals surface area contributed by atoms with Crippen LogP contribution in [0.4, 0.5) is 0 Å². The van der Waals surface area contributed by atoms with E-state index in [0.29, 0.717) is 5.82 Å². The van der Waals surface area contributed by atoms with Crippen molar-refractivity contribution in [2.24, 2.45) is 13.0 Å². The van der Waals surface area contributed by atoms with E-state index in [1.165, 1.54) is 35.1 Å². The molecular weight excluding hydrogens is 320 g/mol. The molecule has 24 heavy (non-hydrogen) atoms. The lowest BCUT2D eigenvalue weighted by Crippen LogP contribution is -2.11. The maximum Gasteiger partial charge on any atom is 0.202 e. The molecule has 4 aromatic rings. The molecule has 0 spiro atoms. The second-order valence-electron chi connectivity index (χ2n) is 6.52. The molecule has 0 amide bonds. The summed E-state index contributed by atoms with van der Waals surface area (Å²) < 4.78 is 3.57. The molecule has 4 heterocycles. The lowest BCUT2D eigenvalue weighted by Gasteiger charge is -2.20. The molecule has 0 unspecified atom stereocenters. The highest BCUT2D eigenvalue weighted by Gasteiger charge is 2.25. The van der Waals surface area contributed by atoms with Gasteiger partial charge in [-0.25, -0.2) is 14.5 Å².